The molecule has 0 atom stereocenters. The van der Waals surface area contributed by atoms with E-state index >= 15 is 0 Å². The molecular weight excluding hydrogens is 533 g/mol. The van der Waals surface area contributed by atoms with Gasteiger partial charge in [0.05, 0.1) is 31.4 Å². The van der Waals surface area contributed by atoms with Crippen molar-refractivity contribution in [3.63, 3.8) is 0 Å². The fraction of sp³-hybridized carbons (Fsp3) is 0.682. The van der Waals surface area contributed by atoms with Crippen molar-refractivity contribution in [2.45, 2.75) is 45.8 Å². The molecule has 1 aliphatic rings. The van der Waals surface area contributed by atoms with Crippen LogP contribution in [0.4, 0.5) is 0 Å². The van der Waals surface area contributed by atoms with Crippen molar-refractivity contribution in [1.82, 2.24) is 10.2 Å². The third kappa shape index (κ3) is 9.19. The van der Waals surface area contributed by atoms with Gasteiger partial charge in [-0.05, 0) is 50.8 Å². The molecule has 0 aliphatic carbocycles. The lowest BCUT2D eigenvalue weighted by molar-refractivity contribution is 0.00990. The zero-order valence-corrected chi connectivity index (χ0v) is 22.2. The maximum absolute atomic E-state index is 6.39. The number of piperidine rings is 1. The first kappa shape index (κ1) is 28.1. The maximum Gasteiger partial charge on any atom is 0.194 e. The van der Waals surface area contributed by atoms with Gasteiger partial charge in [-0.2, -0.15) is 0 Å². The standard InChI is InChI=1S/C22H36ClN3O4.HI/c1-5-24-22(26-10-8-18(9-11-26)30-13-7-12-27-3)25-16-17-14-19(23)21(29-6-2)20(15-17)28-4;/h14-15,18H,5-13,16H2,1-4H3,(H,24,25);1H. The Kier molecular flexibility index (Phi) is 14.3. The zero-order valence-electron chi connectivity index (χ0n) is 19.1. The molecule has 0 amide bonds. The van der Waals surface area contributed by atoms with Crippen LogP contribution in [0, 0.1) is 0 Å². The molecule has 1 N–H and O–H groups in total. The van der Waals surface area contributed by atoms with E-state index in [1.807, 2.05) is 19.1 Å². The first-order valence-corrected chi connectivity index (χ1v) is 11.1. The molecule has 0 radical (unpaired) electrons. The van der Waals surface area contributed by atoms with Gasteiger partial charge in [-0.1, -0.05) is 11.6 Å². The molecule has 1 aromatic carbocycles. The van der Waals surface area contributed by atoms with E-state index in [2.05, 4.69) is 17.1 Å². The van der Waals surface area contributed by atoms with Crippen molar-refractivity contribution in [2.24, 2.45) is 4.99 Å². The molecule has 1 aromatic rings. The number of guanidine groups is 1. The number of rotatable bonds is 11. The van der Waals surface area contributed by atoms with Gasteiger partial charge in [0.25, 0.3) is 0 Å². The number of nitrogens with zero attached hydrogens (tertiary/aromatic N) is 2. The molecule has 1 fully saturated rings. The number of likely N-dealkylation sites (tertiary alicyclic amines) is 1. The first-order chi connectivity index (χ1) is 14.6. The van der Waals surface area contributed by atoms with Crippen LogP contribution in [0.3, 0.4) is 0 Å². The van der Waals surface area contributed by atoms with E-state index in [0.29, 0.717) is 35.8 Å². The smallest absolute Gasteiger partial charge is 0.194 e. The maximum atomic E-state index is 6.39. The summed E-state index contributed by atoms with van der Waals surface area (Å²) in [5.41, 5.74) is 0.979. The predicted octanol–water partition coefficient (Wildman–Crippen LogP) is 4.35. The Balaban J connectivity index is 0.00000480. The monoisotopic (exact) mass is 569 g/mol. The Morgan fingerprint density at radius 2 is 1.94 bits per heavy atom. The number of ether oxygens (including phenoxy) is 4. The van der Waals surface area contributed by atoms with E-state index < -0.39 is 0 Å². The van der Waals surface area contributed by atoms with Crippen LogP contribution in [-0.4, -0.2) is 70.6 Å². The van der Waals surface area contributed by atoms with E-state index in [1.165, 1.54) is 0 Å². The highest BCUT2D eigenvalue weighted by atomic mass is 127. The van der Waals surface area contributed by atoms with Crippen molar-refractivity contribution in [3.05, 3.63) is 22.7 Å². The molecule has 2 rings (SSSR count). The molecule has 9 heteroatoms. The summed E-state index contributed by atoms with van der Waals surface area (Å²) in [7, 11) is 3.34. The summed E-state index contributed by atoms with van der Waals surface area (Å²) in [5, 5.41) is 3.94. The minimum atomic E-state index is 0. The summed E-state index contributed by atoms with van der Waals surface area (Å²) in [6.45, 7) is 9.22. The number of halogens is 2. The van der Waals surface area contributed by atoms with Gasteiger partial charge in [0, 0.05) is 40.0 Å². The van der Waals surface area contributed by atoms with Crippen molar-refractivity contribution in [3.8, 4) is 11.5 Å². The Morgan fingerprint density at radius 3 is 2.55 bits per heavy atom. The summed E-state index contributed by atoms with van der Waals surface area (Å²) in [4.78, 5) is 7.13. The van der Waals surface area contributed by atoms with Gasteiger partial charge in [-0.25, -0.2) is 4.99 Å². The second kappa shape index (κ2) is 15.8. The lowest BCUT2D eigenvalue weighted by Gasteiger charge is -2.34. The summed E-state index contributed by atoms with van der Waals surface area (Å²) in [6, 6.07) is 3.83. The van der Waals surface area contributed by atoms with E-state index in [1.54, 1.807) is 14.2 Å². The zero-order chi connectivity index (χ0) is 21.8. The minimum Gasteiger partial charge on any atom is -0.493 e. The van der Waals surface area contributed by atoms with E-state index in [9.17, 15) is 0 Å². The normalized spacial score (nSPS) is 14.9. The summed E-state index contributed by atoms with van der Waals surface area (Å²) < 4.78 is 22.1. The molecule has 31 heavy (non-hydrogen) atoms. The Morgan fingerprint density at radius 1 is 1.19 bits per heavy atom. The van der Waals surface area contributed by atoms with Crippen molar-refractivity contribution in [2.75, 3.05) is 53.7 Å². The van der Waals surface area contributed by atoms with Crippen LogP contribution in [0.5, 0.6) is 11.5 Å². The topological polar surface area (TPSA) is 64.6 Å². The largest absolute Gasteiger partial charge is 0.493 e. The summed E-state index contributed by atoms with van der Waals surface area (Å²) >= 11 is 6.39. The first-order valence-electron chi connectivity index (χ1n) is 10.8. The van der Waals surface area contributed by atoms with Crippen LogP contribution < -0.4 is 14.8 Å². The van der Waals surface area contributed by atoms with Crippen molar-refractivity contribution >= 4 is 41.5 Å². The fourth-order valence-corrected chi connectivity index (χ4v) is 3.72. The van der Waals surface area contributed by atoms with Crippen LogP contribution >= 0.6 is 35.6 Å². The van der Waals surface area contributed by atoms with Gasteiger partial charge < -0.3 is 29.2 Å². The molecule has 7 nitrogen and oxygen atoms in total. The molecule has 1 saturated heterocycles. The van der Waals surface area contributed by atoms with Gasteiger partial charge in [0.2, 0.25) is 0 Å². The Hall–Kier alpha value is -0.970. The quantitative estimate of drug-likeness (QED) is 0.185. The van der Waals surface area contributed by atoms with Gasteiger partial charge in [-0.3, -0.25) is 0 Å². The van der Waals surface area contributed by atoms with Crippen LogP contribution in [0.15, 0.2) is 17.1 Å². The lowest BCUT2D eigenvalue weighted by atomic mass is 10.1. The van der Waals surface area contributed by atoms with Crippen molar-refractivity contribution < 1.29 is 18.9 Å². The van der Waals surface area contributed by atoms with Crippen LogP contribution in [0.1, 0.15) is 38.7 Å². The van der Waals surface area contributed by atoms with E-state index in [4.69, 9.17) is 35.5 Å². The fourth-order valence-electron chi connectivity index (χ4n) is 3.43. The highest BCUT2D eigenvalue weighted by molar-refractivity contribution is 14.0. The third-order valence-corrected chi connectivity index (χ3v) is 5.19. The second-order valence-electron chi connectivity index (χ2n) is 7.12. The van der Waals surface area contributed by atoms with Gasteiger partial charge in [0.1, 0.15) is 0 Å². The number of hydrogen-bond donors (Lipinski definition) is 1. The second-order valence-corrected chi connectivity index (χ2v) is 7.52. The molecule has 1 heterocycles. The molecule has 0 aromatic heterocycles. The lowest BCUT2D eigenvalue weighted by Crippen LogP contribution is -2.47. The van der Waals surface area contributed by atoms with Crippen molar-refractivity contribution in [1.29, 1.82) is 0 Å². The minimum absolute atomic E-state index is 0. The van der Waals surface area contributed by atoms with Gasteiger partial charge in [-0.15, -0.1) is 24.0 Å². The predicted molar refractivity (Wildman–Crippen MR) is 136 cm³/mol. The van der Waals surface area contributed by atoms with Gasteiger partial charge in [0.15, 0.2) is 17.5 Å². The van der Waals surface area contributed by atoms with Crippen LogP contribution in [0.2, 0.25) is 5.02 Å². The molecule has 1 aliphatic heterocycles. The van der Waals surface area contributed by atoms with E-state index in [-0.39, 0.29) is 24.0 Å². The highest BCUT2D eigenvalue weighted by Gasteiger charge is 2.22. The van der Waals surface area contributed by atoms with E-state index in [0.717, 1.165) is 63.6 Å². The summed E-state index contributed by atoms with van der Waals surface area (Å²) in [5.74, 6) is 2.12. The number of nitrogens with one attached hydrogen (secondary N) is 1. The molecule has 0 saturated carbocycles. The summed E-state index contributed by atoms with van der Waals surface area (Å²) in [6.07, 6.45) is 3.25. The number of aliphatic imine (C=N–C) groups is 1. The van der Waals surface area contributed by atoms with Gasteiger partial charge >= 0.3 is 0 Å². The molecule has 0 bridgehead atoms. The molecule has 0 spiro atoms. The highest BCUT2D eigenvalue weighted by Crippen LogP contribution is 2.36. The molecule has 178 valence electrons. The molecule has 0 unspecified atom stereocenters. The number of methoxy groups -OCH3 is 2. The number of benzene rings is 1. The van der Waals surface area contributed by atoms with Crippen LogP contribution in [0.25, 0.3) is 0 Å². The Labute approximate surface area is 208 Å². The van der Waals surface area contributed by atoms with Crippen LogP contribution in [-0.2, 0) is 16.0 Å². The Bertz CT molecular complexity index is 670. The number of hydrogen-bond acceptors (Lipinski definition) is 5. The average Bonchev–Trinajstić information content (AvgIpc) is 2.76. The SMILES string of the molecule is CCNC(=NCc1cc(Cl)c(OCC)c(OC)c1)N1CCC(OCCCOC)CC1.I. The third-order valence-electron chi connectivity index (χ3n) is 4.91. The average molecular weight is 570 g/mol. The molecular formula is C22H37ClIN3O4.